The number of nitrogens with one attached hydrogen (secondary N) is 1. The molecule has 0 saturated heterocycles. The van der Waals surface area contributed by atoms with Crippen molar-refractivity contribution < 1.29 is 4.42 Å². The van der Waals surface area contributed by atoms with E-state index in [0.29, 0.717) is 0 Å². The number of aryl methyl sites for hydroxylation is 3. The predicted molar refractivity (Wildman–Crippen MR) is 85.1 cm³/mol. The third kappa shape index (κ3) is 3.30. The monoisotopic (exact) mass is 341 g/mol. The smallest absolute Gasteiger partial charge is 0.106 e. The molecule has 4 heteroatoms. The minimum absolute atomic E-state index is 0.222. The molecule has 2 rings (SSSR count). The molecule has 0 spiro atoms. The molecule has 0 fully saturated rings. The maximum absolute atomic E-state index is 5.70. The van der Waals surface area contributed by atoms with Crippen LogP contribution in [0.25, 0.3) is 0 Å². The van der Waals surface area contributed by atoms with E-state index in [1.165, 1.54) is 19.8 Å². The molecule has 1 atom stereocenters. The van der Waals surface area contributed by atoms with E-state index in [9.17, 15) is 0 Å². The van der Waals surface area contributed by atoms with Gasteiger partial charge in [-0.05, 0) is 67.4 Å². The Kier molecular flexibility index (Phi) is 4.87. The molecule has 2 aromatic rings. The van der Waals surface area contributed by atoms with Crippen molar-refractivity contribution in [1.29, 1.82) is 0 Å². The van der Waals surface area contributed by atoms with Crippen molar-refractivity contribution in [2.24, 2.45) is 0 Å². The zero-order chi connectivity index (χ0) is 14.0. The summed E-state index contributed by atoms with van der Waals surface area (Å²) in [5.74, 6) is 1.98. The summed E-state index contributed by atoms with van der Waals surface area (Å²) in [5, 5.41) is 3.64. The van der Waals surface area contributed by atoms with E-state index in [1.54, 1.807) is 11.3 Å². The molecule has 1 N–H and O–H groups in total. The van der Waals surface area contributed by atoms with Crippen molar-refractivity contribution in [3.8, 4) is 0 Å². The maximum atomic E-state index is 5.70. The van der Waals surface area contributed by atoms with Gasteiger partial charge in [-0.2, -0.15) is 0 Å². The zero-order valence-corrected chi connectivity index (χ0v) is 14.2. The molecular weight excluding hydrogens is 322 g/mol. The Morgan fingerprint density at radius 2 is 2.00 bits per heavy atom. The van der Waals surface area contributed by atoms with Crippen LogP contribution in [0.3, 0.4) is 0 Å². The van der Waals surface area contributed by atoms with Gasteiger partial charge in [-0.25, -0.2) is 0 Å². The second-order valence-electron chi connectivity index (χ2n) is 4.82. The Labute approximate surface area is 127 Å². The molecular formula is C15H20BrNOS. The highest BCUT2D eigenvalue weighted by atomic mass is 79.9. The minimum atomic E-state index is 0.222. The summed E-state index contributed by atoms with van der Waals surface area (Å²) >= 11 is 5.37. The van der Waals surface area contributed by atoms with Crippen LogP contribution >= 0.6 is 27.3 Å². The molecule has 0 aliphatic rings. The van der Waals surface area contributed by atoms with Crippen LogP contribution in [0, 0.1) is 20.8 Å². The Morgan fingerprint density at radius 3 is 2.47 bits per heavy atom. The average molecular weight is 342 g/mol. The molecule has 0 amide bonds. The van der Waals surface area contributed by atoms with Crippen LogP contribution in [0.1, 0.15) is 46.9 Å². The van der Waals surface area contributed by atoms with Gasteiger partial charge in [-0.3, -0.25) is 0 Å². The Morgan fingerprint density at radius 1 is 1.26 bits per heavy atom. The van der Waals surface area contributed by atoms with Gasteiger partial charge in [0.1, 0.15) is 11.5 Å². The molecule has 0 aliphatic heterocycles. The first kappa shape index (κ1) is 14.8. The normalized spacial score (nSPS) is 12.9. The lowest BCUT2D eigenvalue weighted by Crippen LogP contribution is -2.23. The Bertz CT molecular complexity index is 512. The summed E-state index contributed by atoms with van der Waals surface area (Å²) in [6.45, 7) is 9.41. The van der Waals surface area contributed by atoms with Crippen molar-refractivity contribution in [2.45, 2.75) is 40.2 Å². The molecule has 0 saturated carbocycles. The van der Waals surface area contributed by atoms with Crippen LogP contribution < -0.4 is 5.32 Å². The Hall–Kier alpha value is -0.580. The van der Waals surface area contributed by atoms with Crippen LogP contribution in [-0.4, -0.2) is 6.54 Å². The molecule has 0 aliphatic carbocycles. The van der Waals surface area contributed by atoms with Crippen molar-refractivity contribution >= 4 is 27.3 Å². The van der Waals surface area contributed by atoms with Crippen molar-refractivity contribution in [2.75, 3.05) is 6.54 Å². The third-order valence-electron chi connectivity index (χ3n) is 3.23. The van der Waals surface area contributed by atoms with Gasteiger partial charge >= 0.3 is 0 Å². The van der Waals surface area contributed by atoms with Crippen molar-refractivity contribution in [1.82, 2.24) is 5.32 Å². The fraction of sp³-hybridized carbons (Fsp3) is 0.467. The first-order valence-corrected chi connectivity index (χ1v) is 8.20. The quantitative estimate of drug-likeness (QED) is 0.816. The molecule has 104 valence electrons. The highest BCUT2D eigenvalue weighted by molar-refractivity contribution is 9.11. The highest BCUT2D eigenvalue weighted by Crippen LogP contribution is 2.35. The lowest BCUT2D eigenvalue weighted by Gasteiger charge is -2.18. The summed E-state index contributed by atoms with van der Waals surface area (Å²) in [4.78, 5) is 1.35. The van der Waals surface area contributed by atoms with Crippen LogP contribution in [0.2, 0.25) is 0 Å². The lowest BCUT2D eigenvalue weighted by molar-refractivity contribution is 0.493. The molecule has 2 nitrogen and oxygen atoms in total. The number of halogens is 1. The van der Waals surface area contributed by atoms with E-state index in [1.807, 2.05) is 13.8 Å². The van der Waals surface area contributed by atoms with E-state index in [0.717, 1.165) is 24.5 Å². The summed E-state index contributed by atoms with van der Waals surface area (Å²) in [6.07, 6.45) is 1.12. The number of rotatable bonds is 5. The zero-order valence-electron chi connectivity index (χ0n) is 11.8. The van der Waals surface area contributed by atoms with E-state index >= 15 is 0 Å². The number of furan rings is 1. The van der Waals surface area contributed by atoms with Crippen LogP contribution in [0.4, 0.5) is 0 Å². The minimum Gasteiger partial charge on any atom is -0.466 e. The van der Waals surface area contributed by atoms with E-state index in [4.69, 9.17) is 4.42 Å². The largest absolute Gasteiger partial charge is 0.466 e. The topological polar surface area (TPSA) is 25.2 Å². The van der Waals surface area contributed by atoms with Crippen molar-refractivity contribution in [3.05, 3.63) is 43.4 Å². The molecule has 2 aromatic heterocycles. The van der Waals surface area contributed by atoms with Crippen molar-refractivity contribution in [3.63, 3.8) is 0 Å². The van der Waals surface area contributed by atoms with Gasteiger partial charge < -0.3 is 9.73 Å². The second kappa shape index (κ2) is 6.25. The number of thiophene rings is 1. The summed E-state index contributed by atoms with van der Waals surface area (Å²) in [5.41, 5.74) is 2.59. The van der Waals surface area contributed by atoms with Gasteiger partial charge in [0, 0.05) is 10.4 Å². The van der Waals surface area contributed by atoms with Crippen LogP contribution in [-0.2, 0) is 0 Å². The van der Waals surface area contributed by atoms with E-state index in [-0.39, 0.29) is 6.04 Å². The molecule has 0 radical (unpaired) electrons. The predicted octanol–water partition coefficient (Wildman–Crippen LogP) is 5.12. The first-order chi connectivity index (χ1) is 9.02. The van der Waals surface area contributed by atoms with Gasteiger partial charge in [-0.1, -0.05) is 6.92 Å². The fourth-order valence-corrected chi connectivity index (χ4v) is 4.11. The number of hydrogen-bond acceptors (Lipinski definition) is 3. The fourth-order valence-electron chi connectivity index (χ4n) is 2.36. The second-order valence-corrected chi connectivity index (χ2v) is 7.45. The highest BCUT2D eigenvalue weighted by Gasteiger charge is 2.21. The van der Waals surface area contributed by atoms with Crippen LogP contribution in [0.15, 0.2) is 20.3 Å². The van der Waals surface area contributed by atoms with Gasteiger partial charge in [0.25, 0.3) is 0 Å². The summed E-state index contributed by atoms with van der Waals surface area (Å²) in [7, 11) is 0. The van der Waals surface area contributed by atoms with Gasteiger partial charge in [-0.15, -0.1) is 11.3 Å². The molecule has 0 bridgehead atoms. The first-order valence-electron chi connectivity index (χ1n) is 6.59. The van der Waals surface area contributed by atoms with Gasteiger partial charge in [0.15, 0.2) is 0 Å². The molecule has 19 heavy (non-hydrogen) atoms. The summed E-state index contributed by atoms with van der Waals surface area (Å²) < 4.78 is 6.88. The lowest BCUT2D eigenvalue weighted by atomic mass is 9.99. The average Bonchev–Trinajstić information content (AvgIpc) is 2.83. The standard InChI is InChI=1S/C15H20BrNOS/c1-5-6-17-15(12-7-9(2)18-10(12)3)13-8-14(16)19-11(13)4/h7-8,15,17H,5-6H2,1-4H3. The number of hydrogen-bond donors (Lipinski definition) is 1. The van der Waals surface area contributed by atoms with Gasteiger partial charge in [0.05, 0.1) is 9.83 Å². The molecule has 0 aromatic carbocycles. The maximum Gasteiger partial charge on any atom is 0.106 e. The Balaban J connectivity index is 2.41. The summed E-state index contributed by atoms with van der Waals surface area (Å²) in [6, 6.07) is 4.59. The molecule has 1 unspecified atom stereocenters. The molecule has 2 heterocycles. The SMILES string of the molecule is CCCNC(c1cc(C)oc1C)c1cc(Br)sc1C. The van der Waals surface area contributed by atoms with E-state index < -0.39 is 0 Å². The van der Waals surface area contributed by atoms with E-state index in [2.05, 4.69) is 47.2 Å². The van der Waals surface area contributed by atoms with Crippen LogP contribution in [0.5, 0.6) is 0 Å². The van der Waals surface area contributed by atoms with Gasteiger partial charge in [0.2, 0.25) is 0 Å². The third-order valence-corrected chi connectivity index (χ3v) is 4.80.